The van der Waals surface area contributed by atoms with Crippen molar-refractivity contribution in [3.05, 3.63) is 63.7 Å². The first kappa shape index (κ1) is 21.9. The van der Waals surface area contributed by atoms with Crippen LogP contribution < -0.4 is 15.4 Å². The number of hydrogen-bond acceptors (Lipinski definition) is 5. The second kappa shape index (κ2) is 9.17. The van der Waals surface area contributed by atoms with Crippen molar-refractivity contribution in [3.8, 4) is 5.75 Å². The van der Waals surface area contributed by atoms with Gasteiger partial charge in [0.2, 0.25) is 0 Å². The van der Waals surface area contributed by atoms with Crippen LogP contribution in [0.25, 0.3) is 0 Å². The first-order valence-electron chi connectivity index (χ1n) is 8.00. The number of nitro benzene ring substituents is 1. The average molecular weight is 419 g/mol. The van der Waals surface area contributed by atoms with Crippen molar-refractivity contribution in [2.24, 2.45) is 0 Å². The molecule has 0 aliphatic heterocycles. The van der Waals surface area contributed by atoms with Crippen molar-refractivity contribution in [1.82, 2.24) is 5.32 Å². The van der Waals surface area contributed by atoms with Gasteiger partial charge in [0, 0.05) is 24.7 Å². The van der Waals surface area contributed by atoms with Gasteiger partial charge in [0.15, 0.2) is 0 Å². The normalized spacial score (nSPS) is 11.2. The maximum atomic E-state index is 12.7. The number of carbonyl (C=O) groups excluding carboxylic acids is 1. The molecule has 0 aliphatic carbocycles. The molecule has 29 heavy (non-hydrogen) atoms. The summed E-state index contributed by atoms with van der Waals surface area (Å²) in [6.45, 7) is -3.13. The van der Waals surface area contributed by atoms with Gasteiger partial charge in [-0.15, -0.1) is 0 Å². The molecule has 2 aromatic carbocycles. The highest BCUT2D eigenvalue weighted by Crippen LogP contribution is 2.34. The zero-order valence-electron chi connectivity index (χ0n) is 14.5. The van der Waals surface area contributed by atoms with Gasteiger partial charge in [0.25, 0.3) is 11.6 Å². The van der Waals surface area contributed by atoms with Crippen LogP contribution in [0.2, 0.25) is 0 Å². The van der Waals surface area contributed by atoms with Crippen molar-refractivity contribution >= 4 is 17.3 Å². The van der Waals surface area contributed by atoms with E-state index in [1.165, 1.54) is 18.2 Å². The number of nitro groups is 1. The molecule has 12 heteroatoms. The Bertz CT molecular complexity index is 890. The van der Waals surface area contributed by atoms with Crippen molar-refractivity contribution < 1.29 is 36.4 Å². The third-order valence-corrected chi connectivity index (χ3v) is 3.57. The Morgan fingerprint density at radius 3 is 2.48 bits per heavy atom. The fraction of sp³-hybridized carbons (Fsp3) is 0.235. The highest BCUT2D eigenvalue weighted by atomic mass is 19.4. The average Bonchev–Trinajstić information content (AvgIpc) is 2.63. The topological polar surface area (TPSA) is 93.5 Å². The number of ether oxygens (including phenoxy) is 1. The smallest absolute Gasteiger partial charge is 0.416 e. The molecular weight excluding hydrogens is 405 g/mol. The van der Waals surface area contributed by atoms with Gasteiger partial charge in [-0.05, 0) is 30.3 Å². The van der Waals surface area contributed by atoms with Crippen LogP contribution in [0.4, 0.5) is 33.3 Å². The molecule has 156 valence electrons. The third-order valence-electron chi connectivity index (χ3n) is 3.57. The number of anilines is 1. The Balaban J connectivity index is 1.95. The van der Waals surface area contributed by atoms with E-state index in [-0.39, 0.29) is 30.1 Å². The van der Waals surface area contributed by atoms with E-state index in [2.05, 4.69) is 15.4 Å². The van der Waals surface area contributed by atoms with E-state index in [1.54, 1.807) is 0 Å². The molecule has 0 saturated carbocycles. The lowest BCUT2D eigenvalue weighted by molar-refractivity contribution is -0.384. The maximum Gasteiger partial charge on any atom is 0.416 e. The van der Waals surface area contributed by atoms with Gasteiger partial charge >= 0.3 is 12.8 Å². The molecule has 2 aromatic rings. The van der Waals surface area contributed by atoms with Gasteiger partial charge in [0.05, 0.1) is 10.5 Å². The highest BCUT2D eigenvalue weighted by Gasteiger charge is 2.33. The van der Waals surface area contributed by atoms with Crippen LogP contribution in [0.3, 0.4) is 0 Å². The predicted molar refractivity (Wildman–Crippen MR) is 92.0 cm³/mol. The monoisotopic (exact) mass is 419 g/mol. The molecule has 0 bridgehead atoms. The molecule has 0 unspecified atom stereocenters. The Kier molecular flexibility index (Phi) is 6.91. The summed E-state index contributed by atoms with van der Waals surface area (Å²) < 4.78 is 66.6. The molecule has 2 rings (SSSR count). The predicted octanol–water partition coefficient (Wildman–Crippen LogP) is 4.06. The number of amides is 1. The molecule has 2 N–H and O–H groups in total. The molecule has 1 amide bonds. The highest BCUT2D eigenvalue weighted by molar-refractivity contribution is 5.94. The summed E-state index contributed by atoms with van der Waals surface area (Å²) in [4.78, 5) is 22.1. The van der Waals surface area contributed by atoms with E-state index in [1.807, 2.05) is 0 Å². The molecular formula is C17H14F5N3O4. The number of rotatable bonds is 8. The number of hydrogen-bond donors (Lipinski definition) is 2. The van der Waals surface area contributed by atoms with E-state index >= 15 is 0 Å². The van der Waals surface area contributed by atoms with Gasteiger partial charge in [-0.2, -0.15) is 22.0 Å². The number of carbonyl (C=O) groups is 1. The molecule has 0 radical (unpaired) electrons. The number of alkyl halides is 5. The van der Waals surface area contributed by atoms with Crippen LogP contribution >= 0.6 is 0 Å². The molecule has 0 aromatic heterocycles. The number of nitrogens with zero attached hydrogens (tertiary/aromatic N) is 1. The van der Waals surface area contributed by atoms with Crippen LogP contribution in [0.5, 0.6) is 5.75 Å². The van der Waals surface area contributed by atoms with Crippen molar-refractivity contribution in [1.29, 1.82) is 0 Å². The van der Waals surface area contributed by atoms with E-state index in [4.69, 9.17) is 0 Å². The summed E-state index contributed by atoms with van der Waals surface area (Å²) in [5.41, 5.74) is -2.02. The minimum atomic E-state index is -4.72. The zero-order chi connectivity index (χ0) is 21.6. The fourth-order valence-corrected chi connectivity index (χ4v) is 2.30. The second-order valence-corrected chi connectivity index (χ2v) is 5.58. The van der Waals surface area contributed by atoms with Crippen LogP contribution in [-0.2, 0) is 6.18 Å². The maximum absolute atomic E-state index is 12.7. The minimum absolute atomic E-state index is 0.0365. The standard InChI is InChI=1S/C17H14F5N3O4/c18-16(19)29-12-3-1-2-10(8-12)15(26)24-7-6-23-13-5-4-11(17(20,21)22)9-14(13)25(27)28/h1-5,8-9,16,23H,6-7H2,(H,24,26). The molecule has 0 spiro atoms. The van der Waals surface area contributed by atoms with Crippen LogP contribution in [0.15, 0.2) is 42.5 Å². The molecule has 0 saturated heterocycles. The molecule has 0 heterocycles. The van der Waals surface area contributed by atoms with Crippen molar-refractivity contribution in [3.63, 3.8) is 0 Å². The SMILES string of the molecule is O=C(NCCNc1ccc(C(F)(F)F)cc1[N+](=O)[O-])c1cccc(OC(F)F)c1. The zero-order valence-corrected chi connectivity index (χ0v) is 14.5. The van der Waals surface area contributed by atoms with Gasteiger partial charge in [0.1, 0.15) is 11.4 Å². The van der Waals surface area contributed by atoms with E-state index in [9.17, 15) is 36.9 Å². The molecule has 0 fully saturated rings. The summed E-state index contributed by atoms with van der Waals surface area (Å²) in [7, 11) is 0. The van der Waals surface area contributed by atoms with Crippen molar-refractivity contribution in [2.45, 2.75) is 12.8 Å². The van der Waals surface area contributed by atoms with Crippen LogP contribution in [-0.4, -0.2) is 30.5 Å². The first-order chi connectivity index (χ1) is 13.6. The Hall–Kier alpha value is -3.44. The Labute approximate surface area is 160 Å². The Morgan fingerprint density at radius 1 is 1.14 bits per heavy atom. The number of benzene rings is 2. The van der Waals surface area contributed by atoms with Gasteiger partial charge < -0.3 is 15.4 Å². The van der Waals surface area contributed by atoms with Gasteiger partial charge in [-0.3, -0.25) is 14.9 Å². The van der Waals surface area contributed by atoms with Crippen LogP contribution in [0, 0.1) is 10.1 Å². The van der Waals surface area contributed by atoms with E-state index < -0.39 is 34.9 Å². The summed E-state index contributed by atoms with van der Waals surface area (Å²) in [6, 6.07) is 7.09. The number of nitrogens with one attached hydrogen (secondary N) is 2. The van der Waals surface area contributed by atoms with Gasteiger partial charge in [-0.1, -0.05) is 6.07 Å². The summed E-state index contributed by atoms with van der Waals surface area (Å²) >= 11 is 0. The van der Waals surface area contributed by atoms with Crippen molar-refractivity contribution in [2.75, 3.05) is 18.4 Å². The van der Waals surface area contributed by atoms with E-state index in [0.29, 0.717) is 12.1 Å². The van der Waals surface area contributed by atoms with Gasteiger partial charge in [-0.25, -0.2) is 0 Å². The second-order valence-electron chi connectivity index (χ2n) is 5.58. The minimum Gasteiger partial charge on any atom is -0.435 e. The molecule has 0 aliphatic rings. The summed E-state index contributed by atoms with van der Waals surface area (Å²) in [6.07, 6.45) is -4.72. The summed E-state index contributed by atoms with van der Waals surface area (Å²) in [5, 5.41) is 16.0. The molecule has 0 atom stereocenters. The van der Waals surface area contributed by atoms with Crippen LogP contribution in [0.1, 0.15) is 15.9 Å². The fourth-order valence-electron chi connectivity index (χ4n) is 2.30. The largest absolute Gasteiger partial charge is 0.435 e. The lowest BCUT2D eigenvalue weighted by atomic mass is 10.1. The lowest BCUT2D eigenvalue weighted by Gasteiger charge is -2.11. The van der Waals surface area contributed by atoms with E-state index in [0.717, 1.165) is 12.1 Å². The Morgan fingerprint density at radius 2 is 1.86 bits per heavy atom. The molecule has 7 nitrogen and oxygen atoms in total. The first-order valence-corrected chi connectivity index (χ1v) is 8.00. The lowest BCUT2D eigenvalue weighted by Crippen LogP contribution is -2.28. The summed E-state index contributed by atoms with van der Waals surface area (Å²) in [5.74, 6) is -0.820. The quantitative estimate of drug-likeness (QED) is 0.291. The third kappa shape index (κ3) is 6.30. The number of halogens is 5.